The topological polar surface area (TPSA) is 71.2 Å². The molecule has 1 fully saturated rings. The van der Waals surface area contributed by atoms with Gasteiger partial charge < -0.3 is 19.0 Å². The molecule has 0 unspecified atom stereocenters. The molecule has 2 aromatic carbocycles. The fraction of sp³-hybridized carbons (Fsp3) is 0.345. The second kappa shape index (κ2) is 14.0. The van der Waals surface area contributed by atoms with Crippen molar-refractivity contribution in [1.29, 1.82) is 0 Å². The minimum absolute atomic E-state index is 0.225. The number of rotatable bonds is 6. The molecule has 0 aliphatic carbocycles. The molecule has 0 saturated carbocycles. The number of halogens is 2. The van der Waals surface area contributed by atoms with Crippen molar-refractivity contribution >= 4 is 40.5 Å². The van der Waals surface area contributed by atoms with E-state index in [0.29, 0.717) is 28.1 Å². The molecule has 9 heteroatoms. The first-order valence-electron chi connectivity index (χ1n) is 12.5. The van der Waals surface area contributed by atoms with Crippen LogP contribution < -0.4 is 9.64 Å². The van der Waals surface area contributed by atoms with Gasteiger partial charge in [0, 0.05) is 68.9 Å². The van der Waals surface area contributed by atoms with Gasteiger partial charge in [0.05, 0.1) is 29.6 Å². The average Bonchev–Trinajstić information content (AvgIpc) is 3.37. The van der Waals surface area contributed by atoms with Crippen molar-refractivity contribution in [1.82, 2.24) is 9.88 Å². The maximum Gasteiger partial charge on any atom is 0.222 e. The van der Waals surface area contributed by atoms with Gasteiger partial charge in [0.15, 0.2) is 11.7 Å². The minimum Gasteiger partial charge on any atom is -0.496 e. The molecule has 0 spiro atoms. The number of nitrogens with zero attached hydrogens (tertiary/aromatic N) is 4. The average molecular weight is 558 g/mol. The zero-order chi connectivity index (χ0) is 27.7. The number of hydrogen-bond acceptors (Lipinski definition) is 6. The summed E-state index contributed by atoms with van der Waals surface area (Å²) >= 11 is 11.8. The van der Waals surface area contributed by atoms with Crippen molar-refractivity contribution < 1.29 is 13.9 Å². The van der Waals surface area contributed by atoms with E-state index in [1.165, 1.54) is 0 Å². The van der Waals surface area contributed by atoms with E-state index in [0.717, 1.165) is 54.5 Å². The van der Waals surface area contributed by atoms with E-state index in [9.17, 15) is 4.79 Å². The van der Waals surface area contributed by atoms with E-state index in [1.807, 2.05) is 56.0 Å². The van der Waals surface area contributed by atoms with Crippen molar-refractivity contribution in [2.75, 3.05) is 45.2 Å². The second-order valence-electron chi connectivity index (χ2n) is 8.58. The number of oxazole rings is 1. The van der Waals surface area contributed by atoms with Crippen molar-refractivity contribution in [2.24, 2.45) is 4.99 Å². The van der Waals surface area contributed by atoms with Crippen LogP contribution in [0.15, 0.2) is 64.2 Å². The molecule has 0 bridgehead atoms. The van der Waals surface area contributed by atoms with Gasteiger partial charge >= 0.3 is 0 Å². The SMILES string of the molecule is C/C=C\C(=NC)c1ccc(Cl)cc1Cl.CCC(=O)N1CCN(c2ccc(-c3cnc(C)o3)c(OC)c2)CC1. The molecular weight excluding hydrogens is 523 g/mol. The molecule has 0 atom stereocenters. The Hall–Kier alpha value is -3.29. The van der Waals surface area contributed by atoms with Gasteiger partial charge in [0.2, 0.25) is 5.91 Å². The first-order chi connectivity index (χ1) is 18.3. The van der Waals surface area contributed by atoms with Crippen molar-refractivity contribution in [2.45, 2.75) is 27.2 Å². The summed E-state index contributed by atoms with van der Waals surface area (Å²) in [6.07, 6.45) is 6.11. The Morgan fingerprint density at radius 3 is 2.45 bits per heavy atom. The molecule has 1 aliphatic heterocycles. The standard InChI is InChI=1S/C18H23N3O3.C11H11Cl2N/c1-4-18(22)21-9-7-20(8-10-21)14-5-6-15(16(11-14)23-3)17-12-19-13(2)24-17;1-3-4-11(14-2)9-6-5-8(12)7-10(9)13/h5-6,11-12H,4,7-10H2,1-3H3;3-7H,1-2H3/b;4-3-,14-11?. The first kappa shape index (κ1) is 29.3. The zero-order valence-electron chi connectivity index (χ0n) is 22.5. The number of anilines is 1. The predicted molar refractivity (Wildman–Crippen MR) is 156 cm³/mol. The number of aliphatic imine (C=N–C) groups is 1. The Morgan fingerprint density at radius 1 is 1.16 bits per heavy atom. The summed E-state index contributed by atoms with van der Waals surface area (Å²) in [7, 11) is 3.39. The fourth-order valence-electron chi connectivity index (χ4n) is 4.14. The molecule has 1 saturated heterocycles. The van der Waals surface area contributed by atoms with Gasteiger partial charge in [-0.25, -0.2) is 4.98 Å². The largest absolute Gasteiger partial charge is 0.496 e. The van der Waals surface area contributed by atoms with Crippen LogP contribution in [0.1, 0.15) is 31.7 Å². The van der Waals surface area contributed by atoms with Gasteiger partial charge in [0.25, 0.3) is 0 Å². The number of allylic oxidation sites excluding steroid dienone is 2. The highest BCUT2D eigenvalue weighted by Gasteiger charge is 2.21. The highest BCUT2D eigenvalue weighted by molar-refractivity contribution is 6.37. The van der Waals surface area contributed by atoms with Crippen LogP contribution in [0.25, 0.3) is 11.3 Å². The number of benzene rings is 2. The number of amides is 1. The number of carbonyl (C=O) groups is 1. The van der Waals surface area contributed by atoms with E-state index in [4.69, 9.17) is 32.4 Å². The number of aryl methyl sites for hydroxylation is 1. The monoisotopic (exact) mass is 556 g/mol. The third-order valence-corrected chi connectivity index (χ3v) is 6.69. The lowest BCUT2D eigenvalue weighted by molar-refractivity contribution is -0.131. The molecule has 3 aromatic rings. The second-order valence-corrected chi connectivity index (χ2v) is 9.43. The highest BCUT2D eigenvalue weighted by atomic mass is 35.5. The molecule has 2 heterocycles. The number of carbonyl (C=O) groups excluding carboxylic acids is 1. The Bertz CT molecular complexity index is 1290. The Balaban J connectivity index is 0.000000244. The van der Waals surface area contributed by atoms with Crippen LogP contribution in [-0.4, -0.2) is 61.8 Å². The molecule has 38 heavy (non-hydrogen) atoms. The van der Waals surface area contributed by atoms with Crippen LogP contribution in [0.3, 0.4) is 0 Å². The molecule has 202 valence electrons. The Labute approximate surface area is 234 Å². The highest BCUT2D eigenvalue weighted by Crippen LogP contribution is 2.34. The summed E-state index contributed by atoms with van der Waals surface area (Å²) in [6, 6.07) is 11.5. The van der Waals surface area contributed by atoms with E-state index >= 15 is 0 Å². The molecule has 0 radical (unpaired) electrons. The van der Waals surface area contributed by atoms with Gasteiger partial charge in [-0.2, -0.15) is 0 Å². The summed E-state index contributed by atoms with van der Waals surface area (Å²) in [5.74, 6) is 2.32. The van der Waals surface area contributed by atoms with Crippen molar-refractivity contribution in [3.8, 4) is 17.1 Å². The summed E-state index contributed by atoms with van der Waals surface area (Å²) in [4.78, 5) is 24.3. The maximum absolute atomic E-state index is 11.8. The van der Waals surface area contributed by atoms with Crippen LogP contribution in [-0.2, 0) is 4.79 Å². The number of ether oxygens (including phenoxy) is 1. The van der Waals surface area contributed by atoms with Gasteiger partial charge in [-0.3, -0.25) is 9.79 Å². The van der Waals surface area contributed by atoms with Gasteiger partial charge in [-0.15, -0.1) is 0 Å². The summed E-state index contributed by atoms with van der Waals surface area (Å²) < 4.78 is 11.1. The third kappa shape index (κ3) is 7.39. The molecule has 7 nitrogen and oxygen atoms in total. The van der Waals surface area contributed by atoms with Gasteiger partial charge in [-0.1, -0.05) is 36.2 Å². The van der Waals surface area contributed by atoms with Crippen LogP contribution in [0.5, 0.6) is 5.75 Å². The molecule has 1 aromatic heterocycles. The molecule has 1 aliphatic rings. The number of methoxy groups -OCH3 is 1. The van der Waals surface area contributed by atoms with E-state index < -0.39 is 0 Å². The van der Waals surface area contributed by atoms with E-state index in [-0.39, 0.29) is 5.91 Å². The minimum atomic E-state index is 0.225. The number of piperazine rings is 1. The molecular formula is C29H34Cl2N4O3. The Kier molecular flexibility index (Phi) is 10.8. The van der Waals surface area contributed by atoms with Gasteiger partial charge in [0.1, 0.15) is 5.75 Å². The summed E-state index contributed by atoms with van der Waals surface area (Å²) in [5, 5.41) is 1.26. The predicted octanol–water partition coefficient (Wildman–Crippen LogP) is 6.71. The molecule has 4 rings (SSSR count). The zero-order valence-corrected chi connectivity index (χ0v) is 24.0. The van der Waals surface area contributed by atoms with Crippen LogP contribution in [0.4, 0.5) is 5.69 Å². The van der Waals surface area contributed by atoms with Crippen molar-refractivity contribution in [3.63, 3.8) is 0 Å². The maximum atomic E-state index is 11.8. The number of hydrogen-bond donors (Lipinski definition) is 0. The van der Waals surface area contributed by atoms with Crippen LogP contribution >= 0.6 is 23.2 Å². The van der Waals surface area contributed by atoms with Gasteiger partial charge in [-0.05, 0) is 43.3 Å². The normalized spacial score (nSPS) is 13.9. The lowest BCUT2D eigenvalue weighted by Gasteiger charge is -2.36. The summed E-state index contributed by atoms with van der Waals surface area (Å²) in [6.45, 7) is 8.85. The van der Waals surface area contributed by atoms with Crippen LogP contribution in [0.2, 0.25) is 10.0 Å². The summed E-state index contributed by atoms with van der Waals surface area (Å²) in [5.41, 5.74) is 3.74. The Morgan fingerprint density at radius 2 is 1.89 bits per heavy atom. The fourth-order valence-corrected chi connectivity index (χ4v) is 4.65. The molecule has 0 N–H and O–H groups in total. The lowest BCUT2D eigenvalue weighted by atomic mass is 10.1. The smallest absolute Gasteiger partial charge is 0.222 e. The lowest BCUT2D eigenvalue weighted by Crippen LogP contribution is -2.48. The molecule has 1 amide bonds. The first-order valence-corrected chi connectivity index (χ1v) is 13.2. The van der Waals surface area contributed by atoms with Crippen molar-refractivity contribution in [3.05, 3.63) is 76.2 Å². The number of aromatic nitrogens is 1. The quantitative estimate of drug-likeness (QED) is 0.315. The van der Waals surface area contributed by atoms with E-state index in [1.54, 1.807) is 32.5 Å². The van der Waals surface area contributed by atoms with Crippen LogP contribution in [0, 0.1) is 6.92 Å². The van der Waals surface area contributed by atoms with E-state index in [2.05, 4.69) is 20.9 Å². The third-order valence-electron chi connectivity index (χ3n) is 6.14.